The van der Waals surface area contributed by atoms with Gasteiger partial charge in [0.1, 0.15) is 5.75 Å². The predicted molar refractivity (Wildman–Crippen MR) is 97.3 cm³/mol. The van der Waals surface area contributed by atoms with Crippen molar-refractivity contribution in [1.82, 2.24) is 0 Å². The van der Waals surface area contributed by atoms with Crippen LogP contribution < -0.4 is 10.1 Å². The number of rotatable bonds is 8. The predicted octanol–water partition coefficient (Wildman–Crippen LogP) is 3.15. The number of anilines is 1. The van der Waals surface area contributed by atoms with Gasteiger partial charge < -0.3 is 14.8 Å². The van der Waals surface area contributed by atoms with Gasteiger partial charge in [0.25, 0.3) is 0 Å². The van der Waals surface area contributed by atoms with Crippen molar-refractivity contribution < 1.29 is 23.9 Å². The van der Waals surface area contributed by atoms with Crippen LogP contribution in [0.25, 0.3) is 0 Å². The monoisotopic (exact) mass is 355 g/mol. The van der Waals surface area contributed by atoms with Crippen molar-refractivity contribution >= 4 is 23.3 Å². The normalized spacial score (nSPS) is 10.1. The smallest absolute Gasteiger partial charge is 0.344 e. The number of benzene rings is 2. The van der Waals surface area contributed by atoms with Crippen LogP contribution in [-0.2, 0) is 14.3 Å². The van der Waals surface area contributed by atoms with Crippen LogP contribution >= 0.6 is 0 Å². The molecule has 0 aliphatic heterocycles. The molecule has 0 atom stereocenters. The number of hydrogen-bond acceptors (Lipinski definition) is 5. The topological polar surface area (TPSA) is 81.7 Å². The van der Waals surface area contributed by atoms with Gasteiger partial charge in [-0.15, -0.1) is 0 Å². The average molecular weight is 355 g/mol. The molecule has 0 unspecified atom stereocenters. The fourth-order valence-corrected chi connectivity index (χ4v) is 2.11. The Labute approximate surface area is 152 Å². The first-order chi connectivity index (χ1) is 12.5. The van der Waals surface area contributed by atoms with Crippen LogP contribution in [0.4, 0.5) is 5.69 Å². The van der Waals surface area contributed by atoms with E-state index in [-0.39, 0.29) is 24.9 Å². The van der Waals surface area contributed by atoms with Crippen molar-refractivity contribution in [1.29, 1.82) is 0 Å². The fourth-order valence-electron chi connectivity index (χ4n) is 2.11. The van der Waals surface area contributed by atoms with E-state index in [0.29, 0.717) is 23.4 Å². The number of nitrogens with one attached hydrogen (secondary N) is 1. The second kappa shape index (κ2) is 9.36. The number of carbonyl (C=O) groups excluding carboxylic acids is 3. The Morgan fingerprint density at radius 2 is 1.73 bits per heavy atom. The summed E-state index contributed by atoms with van der Waals surface area (Å²) >= 11 is 0. The number of ketones is 1. The number of aryl methyl sites for hydroxylation is 1. The minimum Gasteiger partial charge on any atom is -0.482 e. The Morgan fingerprint density at radius 3 is 2.38 bits per heavy atom. The molecule has 0 aromatic heterocycles. The summed E-state index contributed by atoms with van der Waals surface area (Å²) < 4.78 is 10.3. The van der Waals surface area contributed by atoms with Crippen LogP contribution in [0.2, 0.25) is 0 Å². The molecule has 2 rings (SSSR count). The maximum atomic E-state index is 12.1. The number of Topliss-reactive ketones (excluding diaryl/α,β-unsaturated/α-hetero) is 1. The summed E-state index contributed by atoms with van der Waals surface area (Å²) in [5.41, 5.74) is 2.02. The number of hydrogen-bond donors (Lipinski definition) is 1. The van der Waals surface area contributed by atoms with Gasteiger partial charge in [-0.3, -0.25) is 9.59 Å². The van der Waals surface area contributed by atoms with Gasteiger partial charge in [0.05, 0.1) is 0 Å². The summed E-state index contributed by atoms with van der Waals surface area (Å²) in [5.74, 6) is -0.487. The lowest BCUT2D eigenvalue weighted by molar-refractivity contribution is -0.144. The first kappa shape index (κ1) is 19.2. The third-order valence-electron chi connectivity index (χ3n) is 3.52. The lowest BCUT2D eigenvalue weighted by atomic mass is 10.1. The minimum atomic E-state index is -0.619. The van der Waals surface area contributed by atoms with Crippen molar-refractivity contribution in [3.05, 3.63) is 59.7 Å². The van der Waals surface area contributed by atoms with Gasteiger partial charge in [0.15, 0.2) is 19.0 Å². The molecule has 0 radical (unpaired) electrons. The molecule has 136 valence electrons. The summed E-state index contributed by atoms with van der Waals surface area (Å²) in [4.78, 5) is 35.1. The van der Waals surface area contributed by atoms with Gasteiger partial charge >= 0.3 is 5.97 Å². The maximum Gasteiger partial charge on any atom is 0.344 e. The second-order valence-corrected chi connectivity index (χ2v) is 5.67. The van der Waals surface area contributed by atoms with Crippen LogP contribution in [-0.4, -0.2) is 30.9 Å². The zero-order valence-corrected chi connectivity index (χ0v) is 14.8. The Kier molecular flexibility index (Phi) is 6.91. The number of ether oxygens (including phenoxy) is 2. The molecule has 0 bridgehead atoms. The Bertz CT molecular complexity index is 783. The molecule has 0 saturated carbocycles. The van der Waals surface area contributed by atoms with E-state index in [1.54, 1.807) is 43.3 Å². The van der Waals surface area contributed by atoms with Gasteiger partial charge in [-0.25, -0.2) is 4.79 Å². The van der Waals surface area contributed by atoms with E-state index in [9.17, 15) is 14.4 Å². The van der Waals surface area contributed by atoms with Gasteiger partial charge in [-0.1, -0.05) is 19.1 Å². The van der Waals surface area contributed by atoms with E-state index in [4.69, 9.17) is 9.47 Å². The van der Waals surface area contributed by atoms with E-state index in [2.05, 4.69) is 5.32 Å². The number of esters is 1. The van der Waals surface area contributed by atoms with E-state index >= 15 is 0 Å². The molecule has 2 aromatic rings. The third-order valence-corrected chi connectivity index (χ3v) is 3.52. The molecule has 0 heterocycles. The summed E-state index contributed by atoms with van der Waals surface area (Å²) in [6, 6.07) is 13.7. The SMILES string of the molecule is CCC(=O)Nc1ccc(C(=O)COC(=O)COc2cccc(C)c2)cc1. The highest BCUT2D eigenvalue weighted by atomic mass is 16.6. The van der Waals surface area contributed by atoms with Crippen LogP contribution in [0.5, 0.6) is 5.75 Å². The van der Waals surface area contributed by atoms with Crippen molar-refractivity contribution in [3.63, 3.8) is 0 Å². The molecule has 2 aromatic carbocycles. The first-order valence-electron chi connectivity index (χ1n) is 8.26. The van der Waals surface area contributed by atoms with Gasteiger partial charge in [-0.05, 0) is 48.9 Å². The molecule has 0 aliphatic rings. The molecule has 0 fully saturated rings. The molecule has 0 spiro atoms. The quantitative estimate of drug-likeness (QED) is 0.581. The highest BCUT2D eigenvalue weighted by Crippen LogP contribution is 2.13. The summed E-state index contributed by atoms with van der Waals surface area (Å²) in [5, 5.41) is 2.69. The highest BCUT2D eigenvalue weighted by molar-refractivity contribution is 5.98. The lowest BCUT2D eigenvalue weighted by Gasteiger charge is -2.08. The fraction of sp³-hybridized carbons (Fsp3) is 0.250. The molecule has 26 heavy (non-hydrogen) atoms. The number of amides is 1. The number of carbonyl (C=O) groups is 3. The van der Waals surface area contributed by atoms with E-state index in [0.717, 1.165) is 5.56 Å². The standard InChI is InChI=1S/C20H21NO5/c1-3-19(23)21-16-9-7-15(8-10-16)18(22)12-26-20(24)13-25-17-6-4-5-14(2)11-17/h4-11H,3,12-13H2,1-2H3,(H,21,23). The Hall–Kier alpha value is -3.15. The van der Waals surface area contributed by atoms with Crippen molar-refractivity contribution in [2.45, 2.75) is 20.3 Å². The average Bonchev–Trinajstić information content (AvgIpc) is 2.65. The van der Waals surface area contributed by atoms with Crippen LogP contribution in [0.1, 0.15) is 29.3 Å². The van der Waals surface area contributed by atoms with Crippen LogP contribution in [0, 0.1) is 6.92 Å². The summed E-state index contributed by atoms with van der Waals surface area (Å²) in [7, 11) is 0. The van der Waals surface area contributed by atoms with E-state index < -0.39 is 5.97 Å². The van der Waals surface area contributed by atoms with Crippen LogP contribution in [0.3, 0.4) is 0 Å². The Morgan fingerprint density at radius 1 is 1.00 bits per heavy atom. The molecular weight excluding hydrogens is 334 g/mol. The summed E-state index contributed by atoms with van der Waals surface area (Å²) in [6.45, 7) is 3.04. The maximum absolute atomic E-state index is 12.1. The molecule has 6 nitrogen and oxygen atoms in total. The van der Waals surface area contributed by atoms with Gasteiger partial charge in [-0.2, -0.15) is 0 Å². The van der Waals surface area contributed by atoms with Gasteiger partial charge in [0.2, 0.25) is 5.91 Å². The summed E-state index contributed by atoms with van der Waals surface area (Å²) in [6.07, 6.45) is 0.376. The largest absolute Gasteiger partial charge is 0.482 e. The molecule has 1 amide bonds. The van der Waals surface area contributed by atoms with Gasteiger partial charge in [0, 0.05) is 17.7 Å². The molecule has 1 N–H and O–H groups in total. The second-order valence-electron chi connectivity index (χ2n) is 5.67. The zero-order valence-electron chi connectivity index (χ0n) is 14.8. The van der Waals surface area contributed by atoms with Crippen molar-refractivity contribution in [2.24, 2.45) is 0 Å². The Balaban J connectivity index is 1.78. The third kappa shape index (κ3) is 6.05. The molecular formula is C20H21NO5. The minimum absolute atomic E-state index is 0.105. The zero-order chi connectivity index (χ0) is 18.9. The highest BCUT2D eigenvalue weighted by Gasteiger charge is 2.11. The van der Waals surface area contributed by atoms with E-state index in [1.165, 1.54) is 0 Å². The van der Waals surface area contributed by atoms with Crippen molar-refractivity contribution in [2.75, 3.05) is 18.5 Å². The molecule has 0 saturated heterocycles. The molecule has 0 aliphatic carbocycles. The van der Waals surface area contributed by atoms with E-state index in [1.807, 2.05) is 19.1 Å². The van der Waals surface area contributed by atoms with Crippen LogP contribution in [0.15, 0.2) is 48.5 Å². The lowest BCUT2D eigenvalue weighted by Crippen LogP contribution is -2.19. The molecule has 6 heteroatoms. The van der Waals surface area contributed by atoms with Crippen molar-refractivity contribution in [3.8, 4) is 5.75 Å². The first-order valence-corrected chi connectivity index (χ1v) is 8.26.